The van der Waals surface area contributed by atoms with Crippen LogP contribution >= 0.6 is 0 Å². The molecular formula is C20H27N7O. The molecular weight excluding hydrogens is 354 g/mol. The molecule has 3 rings (SSSR count). The minimum atomic E-state index is -0.158. The number of anilines is 1. The van der Waals surface area contributed by atoms with Gasteiger partial charge in [-0.2, -0.15) is 0 Å². The Kier molecular flexibility index (Phi) is 6.18. The number of amides is 1. The molecule has 8 nitrogen and oxygen atoms in total. The van der Waals surface area contributed by atoms with Crippen LogP contribution < -0.4 is 10.6 Å². The van der Waals surface area contributed by atoms with Crippen molar-refractivity contribution in [2.75, 3.05) is 18.4 Å². The average Bonchev–Trinajstić information content (AvgIpc) is 2.97. The second kappa shape index (κ2) is 8.77. The molecule has 0 atom stereocenters. The Bertz CT molecular complexity index is 980. The third-order valence-corrected chi connectivity index (χ3v) is 4.60. The first-order valence-electron chi connectivity index (χ1n) is 9.64. The Balaban J connectivity index is 1.58. The van der Waals surface area contributed by atoms with Crippen LogP contribution in [-0.2, 0) is 13.5 Å². The number of hydrogen-bond donors (Lipinski definition) is 2. The predicted molar refractivity (Wildman–Crippen MR) is 109 cm³/mol. The zero-order valence-electron chi connectivity index (χ0n) is 16.9. The summed E-state index contributed by atoms with van der Waals surface area (Å²) >= 11 is 0. The van der Waals surface area contributed by atoms with Crippen molar-refractivity contribution in [3.8, 4) is 0 Å². The number of nitrogens with zero attached hydrogens (tertiary/aromatic N) is 5. The molecule has 0 aliphatic carbocycles. The van der Waals surface area contributed by atoms with Gasteiger partial charge in [0.05, 0.1) is 5.56 Å². The van der Waals surface area contributed by atoms with Gasteiger partial charge in [-0.05, 0) is 26.3 Å². The highest BCUT2D eigenvalue weighted by Gasteiger charge is 2.15. The second-order valence-corrected chi connectivity index (χ2v) is 6.85. The standard InChI is InChI=1S/C20H27N7O/c1-5-6-7-16-24-13(2)12-17(26-16)21-10-11-23-20(28)15-8-9-22-19-18(15)25-14(3)27(19)4/h8-9,12H,5-7,10-11H2,1-4H3,(H,23,28)(H,21,24,26). The summed E-state index contributed by atoms with van der Waals surface area (Å²) in [7, 11) is 1.89. The summed E-state index contributed by atoms with van der Waals surface area (Å²) in [5.41, 5.74) is 2.81. The van der Waals surface area contributed by atoms with E-state index in [1.807, 2.05) is 31.5 Å². The smallest absolute Gasteiger partial charge is 0.253 e. The maximum Gasteiger partial charge on any atom is 0.253 e. The lowest BCUT2D eigenvalue weighted by atomic mass is 10.2. The van der Waals surface area contributed by atoms with E-state index in [4.69, 9.17) is 0 Å². The number of rotatable bonds is 8. The van der Waals surface area contributed by atoms with Gasteiger partial charge < -0.3 is 15.2 Å². The summed E-state index contributed by atoms with van der Waals surface area (Å²) in [4.78, 5) is 30.4. The zero-order valence-corrected chi connectivity index (χ0v) is 16.9. The Morgan fingerprint density at radius 1 is 1.18 bits per heavy atom. The van der Waals surface area contributed by atoms with Crippen LogP contribution in [0.4, 0.5) is 5.82 Å². The maximum absolute atomic E-state index is 12.6. The quantitative estimate of drug-likeness (QED) is 0.582. The van der Waals surface area contributed by atoms with E-state index < -0.39 is 0 Å². The highest BCUT2D eigenvalue weighted by atomic mass is 16.1. The Hall–Kier alpha value is -3.03. The van der Waals surface area contributed by atoms with Gasteiger partial charge in [-0.3, -0.25) is 4.79 Å². The number of pyridine rings is 1. The number of imidazole rings is 1. The van der Waals surface area contributed by atoms with Crippen LogP contribution in [0.3, 0.4) is 0 Å². The maximum atomic E-state index is 12.6. The predicted octanol–water partition coefficient (Wildman–Crippen LogP) is 2.56. The fraction of sp³-hybridized carbons (Fsp3) is 0.450. The van der Waals surface area contributed by atoms with Crippen molar-refractivity contribution in [3.63, 3.8) is 0 Å². The van der Waals surface area contributed by atoms with Crippen molar-refractivity contribution in [1.82, 2.24) is 29.8 Å². The Labute approximate surface area is 164 Å². The normalized spacial score (nSPS) is 11.0. The van der Waals surface area contributed by atoms with Gasteiger partial charge in [-0.15, -0.1) is 0 Å². The van der Waals surface area contributed by atoms with E-state index in [2.05, 4.69) is 37.5 Å². The van der Waals surface area contributed by atoms with Crippen LogP contribution in [-0.4, -0.2) is 43.5 Å². The Morgan fingerprint density at radius 3 is 2.79 bits per heavy atom. The summed E-state index contributed by atoms with van der Waals surface area (Å²) < 4.78 is 1.88. The molecule has 0 fully saturated rings. The number of unbranched alkanes of at least 4 members (excludes halogenated alkanes) is 1. The van der Waals surface area contributed by atoms with Gasteiger partial charge >= 0.3 is 0 Å². The topological polar surface area (TPSA) is 97.6 Å². The summed E-state index contributed by atoms with van der Waals surface area (Å²) in [6, 6.07) is 3.62. The van der Waals surface area contributed by atoms with Gasteiger partial charge in [-0.1, -0.05) is 13.3 Å². The summed E-state index contributed by atoms with van der Waals surface area (Å²) in [6.45, 7) is 7.06. The van der Waals surface area contributed by atoms with E-state index in [1.54, 1.807) is 12.3 Å². The van der Waals surface area contributed by atoms with Crippen LogP contribution in [0.5, 0.6) is 0 Å². The molecule has 0 aromatic carbocycles. The van der Waals surface area contributed by atoms with E-state index in [1.165, 1.54) is 0 Å². The first-order valence-corrected chi connectivity index (χ1v) is 9.64. The lowest BCUT2D eigenvalue weighted by Gasteiger charge is -2.10. The van der Waals surface area contributed by atoms with E-state index >= 15 is 0 Å². The average molecular weight is 381 g/mol. The van der Waals surface area contributed by atoms with Gasteiger partial charge in [0.1, 0.15) is 23.0 Å². The van der Waals surface area contributed by atoms with E-state index in [-0.39, 0.29) is 5.91 Å². The van der Waals surface area contributed by atoms with Gasteiger partial charge in [0.15, 0.2) is 5.65 Å². The molecule has 0 unspecified atom stereocenters. The molecule has 0 aliphatic heterocycles. The van der Waals surface area contributed by atoms with Crippen LogP contribution in [0, 0.1) is 13.8 Å². The second-order valence-electron chi connectivity index (χ2n) is 6.85. The summed E-state index contributed by atoms with van der Waals surface area (Å²) in [6.07, 6.45) is 4.71. The SMILES string of the molecule is CCCCc1nc(C)cc(NCCNC(=O)c2ccnc3c2nc(C)n3C)n1. The molecule has 3 aromatic heterocycles. The molecule has 148 valence electrons. The first kappa shape index (κ1) is 19.7. The highest BCUT2D eigenvalue weighted by Crippen LogP contribution is 2.16. The zero-order chi connectivity index (χ0) is 20.1. The molecule has 3 heterocycles. The van der Waals surface area contributed by atoms with Crippen molar-refractivity contribution in [2.45, 2.75) is 40.0 Å². The Morgan fingerprint density at radius 2 is 2.00 bits per heavy atom. The molecule has 3 aromatic rings. The lowest BCUT2D eigenvalue weighted by Crippen LogP contribution is -2.29. The molecule has 0 saturated carbocycles. The molecule has 0 radical (unpaired) electrons. The van der Waals surface area contributed by atoms with Gasteiger partial charge in [-0.25, -0.2) is 19.9 Å². The fourth-order valence-corrected chi connectivity index (χ4v) is 3.00. The molecule has 1 amide bonds. The van der Waals surface area contributed by atoms with Gasteiger partial charge in [0.2, 0.25) is 0 Å². The number of nitrogens with one attached hydrogen (secondary N) is 2. The lowest BCUT2D eigenvalue weighted by molar-refractivity contribution is 0.0956. The van der Waals surface area contributed by atoms with Crippen molar-refractivity contribution in [1.29, 1.82) is 0 Å². The number of carbonyl (C=O) groups is 1. The van der Waals surface area contributed by atoms with E-state index in [9.17, 15) is 4.79 Å². The number of fused-ring (bicyclic) bond motifs is 1. The highest BCUT2D eigenvalue weighted by molar-refractivity contribution is 6.04. The number of carbonyl (C=O) groups excluding carboxylic acids is 1. The third-order valence-electron chi connectivity index (χ3n) is 4.60. The van der Waals surface area contributed by atoms with E-state index in [0.29, 0.717) is 29.8 Å². The third kappa shape index (κ3) is 4.44. The van der Waals surface area contributed by atoms with Gasteiger partial charge in [0.25, 0.3) is 5.91 Å². The summed E-state index contributed by atoms with van der Waals surface area (Å²) in [5.74, 6) is 2.31. The molecule has 0 aliphatic rings. The molecule has 2 N–H and O–H groups in total. The molecule has 8 heteroatoms. The van der Waals surface area contributed by atoms with Crippen LogP contribution in [0.25, 0.3) is 11.2 Å². The van der Waals surface area contributed by atoms with Crippen molar-refractivity contribution in [2.24, 2.45) is 7.05 Å². The minimum Gasteiger partial charge on any atom is -0.368 e. The molecule has 28 heavy (non-hydrogen) atoms. The molecule has 0 bridgehead atoms. The number of hydrogen-bond acceptors (Lipinski definition) is 6. The van der Waals surface area contributed by atoms with Crippen LogP contribution in [0.1, 0.15) is 47.5 Å². The van der Waals surface area contributed by atoms with Crippen molar-refractivity contribution in [3.05, 3.63) is 41.2 Å². The van der Waals surface area contributed by atoms with Crippen molar-refractivity contribution >= 4 is 22.9 Å². The first-order chi connectivity index (χ1) is 13.5. The number of aromatic nitrogens is 5. The molecule has 0 spiro atoms. The fourth-order valence-electron chi connectivity index (χ4n) is 3.00. The van der Waals surface area contributed by atoms with E-state index in [0.717, 1.165) is 42.4 Å². The molecule has 0 saturated heterocycles. The monoisotopic (exact) mass is 381 g/mol. The van der Waals surface area contributed by atoms with Crippen LogP contribution in [0.15, 0.2) is 18.3 Å². The van der Waals surface area contributed by atoms with Crippen LogP contribution in [0.2, 0.25) is 0 Å². The summed E-state index contributed by atoms with van der Waals surface area (Å²) in [5, 5.41) is 6.19. The number of aryl methyl sites for hydroxylation is 4. The van der Waals surface area contributed by atoms with Crippen molar-refractivity contribution < 1.29 is 4.79 Å². The van der Waals surface area contributed by atoms with Gasteiger partial charge in [0, 0.05) is 44.5 Å². The minimum absolute atomic E-state index is 0.158. The largest absolute Gasteiger partial charge is 0.368 e.